The number of carboxylic acids is 1. The highest BCUT2D eigenvalue weighted by atomic mass is 35.5. The van der Waals surface area contributed by atoms with Crippen LogP contribution in [0, 0.1) is 0 Å². The van der Waals surface area contributed by atoms with Crippen molar-refractivity contribution < 1.29 is 24.3 Å². The minimum Gasteiger partial charge on any atom is -0.481 e. The maximum Gasteiger partial charge on any atom is 0.359 e. The van der Waals surface area contributed by atoms with Gasteiger partial charge in [-0.2, -0.15) is 5.48 Å². The van der Waals surface area contributed by atoms with Crippen molar-refractivity contribution in [3.05, 3.63) is 10.6 Å². The molecule has 0 spiro atoms. The van der Waals surface area contributed by atoms with Gasteiger partial charge in [0.15, 0.2) is 0 Å². The zero-order chi connectivity index (χ0) is 12.7. The minimum absolute atomic E-state index is 0.00833. The Labute approximate surface area is 96.1 Å². The van der Waals surface area contributed by atoms with Gasteiger partial charge in [-0.05, 0) is 13.3 Å². The summed E-state index contributed by atoms with van der Waals surface area (Å²) in [6.45, 7) is 1.34. The Hall–Kier alpha value is -1.76. The lowest BCUT2D eigenvalue weighted by Gasteiger charge is -2.05. The molecule has 0 bridgehead atoms. The SMILES string of the molecule is CC(C(=O)ONC(N)=O)=C(Cl)CCC(=O)O. The fraction of sp³-hybridized carbons (Fsp3) is 0.375. The van der Waals surface area contributed by atoms with Gasteiger partial charge in [0.25, 0.3) is 0 Å². The van der Waals surface area contributed by atoms with E-state index in [1.165, 1.54) is 6.92 Å². The van der Waals surface area contributed by atoms with E-state index in [9.17, 15) is 14.4 Å². The average molecular weight is 251 g/mol. The summed E-state index contributed by atoms with van der Waals surface area (Å²) < 4.78 is 0. The van der Waals surface area contributed by atoms with Crippen molar-refractivity contribution in [2.24, 2.45) is 5.73 Å². The summed E-state index contributed by atoms with van der Waals surface area (Å²) in [4.78, 5) is 35.8. The molecule has 90 valence electrons. The van der Waals surface area contributed by atoms with Crippen LogP contribution in [-0.4, -0.2) is 23.1 Å². The van der Waals surface area contributed by atoms with Crippen molar-refractivity contribution in [2.45, 2.75) is 19.8 Å². The van der Waals surface area contributed by atoms with Crippen LogP contribution in [0.25, 0.3) is 0 Å². The molecule has 0 radical (unpaired) electrons. The van der Waals surface area contributed by atoms with E-state index < -0.39 is 18.0 Å². The second kappa shape index (κ2) is 6.67. The molecule has 0 heterocycles. The quantitative estimate of drug-likeness (QED) is 0.496. The standard InChI is InChI=1S/C8H11ClN2O5/c1-4(5(9)2-3-6(12)13)7(14)16-11-8(10)15/h2-3H2,1H3,(H,12,13)(H3,10,11,15). The molecule has 0 aromatic rings. The third-order valence-electron chi connectivity index (χ3n) is 1.52. The van der Waals surface area contributed by atoms with Crippen LogP contribution in [0.4, 0.5) is 4.79 Å². The van der Waals surface area contributed by atoms with Crippen molar-refractivity contribution in [3.8, 4) is 0 Å². The molecule has 16 heavy (non-hydrogen) atoms. The van der Waals surface area contributed by atoms with Crippen molar-refractivity contribution in [2.75, 3.05) is 0 Å². The molecule has 0 aliphatic carbocycles. The number of aliphatic carboxylic acids is 1. The molecule has 0 saturated heterocycles. The number of allylic oxidation sites excluding steroid dienone is 1. The first-order chi connectivity index (χ1) is 7.34. The largest absolute Gasteiger partial charge is 0.481 e. The van der Waals surface area contributed by atoms with Crippen LogP contribution in [0.2, 0.25) is 0 Å². The zero-order valence-corrected chi connectivity index (χ0v) is 9.21. The van der Waals surface area contributed by atoms with Crippen LogP contribution in [-0.2, 0) is 14.4 Å². The number of nitrogens with one attached hydrogen (secondary N) is 1. The predicted molar refractivity (Wildman–Crippen MR) is 54.2 cm³/mol. The molecule has 0 aromatic heterocycles. The van der Waals surface area contributed by atoms with Gasteiger partial charge >= 0.3 is 18.0 Å². The molecule has 7 nitrogen and oxygen atoms in total. The molecular weight excluding hydrogens is 240 g/mol. The van der Waals surface area contributed by atoms with E-state index in [1.807, 2.05) is 0 Å². The molecule has 0 aliphatic rings. The molecule has 0 atom stereocenters. The Morgan fingerprint density at radius 2 is 1.94 bits per heavy atom. The lowest BCUT2D eigenvalue weighted by atomic mass is 10.2. The highest BCUT2D eigenvalue weighted by Crippen LogP contribution is 2.16. The molecule has 0 saturated carbocycles. The summed E-state index contributed by atoms with van der Waals surface area (Å²) >= 11 is 5.66. The number of nitrogens with two attached hydrogens (primary N) is 1. The van der Waals surface area contributed by atoms with Gasteiger partial charge in [-0.1, -0.05) is 11.6 Å². The number of hydrogen-bond donors (Lipinski definition) is 3. The molecule has 0 unspecified atom stereocenters. The molecule has 8 heteroatoms. The van der Waals surface area contributed by atoms with Gasteiger partial charge in [-0.3, -0.25) is 4.79 Å². The fourth-order valence-corrected chi connectivity index (χ4v) is 0.860. The lowest BCUT2D eigenvalue weighted by molar-refractivity contribution is -0.144. The summed E-state index contributed by atoms with van der Waals surface area (Å²) in [5.41, 5.74) is 6.30. The molecule has 4 N–H and O–H groups in total. The van der Waals surface area contributed by atoms with E-state index in [0.717, 1.165) is 0 Å². The zero-order valence-electron chi connectivity index (χ0n) is 8.45. The molecule has 0 rings (SSSR count). The van der Waals surface area contributed by atoms with E-state index in [-0.39, 0.29) is 23.4 Å². The first kappa shape index (κ1) is 14.2. The highest BCUT2D eigenvalue weighted by molar-refractivity contribution is 6.31. The fourth-order valence-electron chi connectivity index (χ4n) is 0.688. The van der Waals surface area contributed by atoms with Crippen molar-refractivity contribution >= 4 is 29.6 Å². The summed E-state index contributed by atoms with van der Waals surface area (Å²) in [5, 5.41) is 8.44. The van der Waals surface area contributed by atoms with Crippen molar-refractivity contribution in [3.63, 3.8) is 0 Å². The van der Waals surface area contributed by atoms with Crippen LogP contribution >= 0.6 is 11.6 Å². The Morgan fingerprint density at radius 3 is 2.38 bits per heavy atom. The minimum atomic E-state index is -1.03. The van der Waals surface area contributed by atoms with Crippen LogP contribution in [0.1, 0.15) is 19.8 Å². The maximum absolute atomic E-state index is 11.2. The predicted octanol–water partition coefficient (Wildman–Crippen LogP) is 0.491. The molecule has 2 amide bonds. The Balaban J connectivity index is 4.31. The summed E-state index contributed by atoms with van der Waals surface area (Å²) in [6, 6.07) is -1.03. The van der Waals surface area contributed by atoms with Crippen LogP contribution in [0.3, 0.4) is 0 Å². The van der Waals surface area contributed by atoms with Gasteiger partial charge in [0.1, 0.15) is 0 Å². The third-order valence-corrected chi connectivity index (χ3v) is 1.99. The number of carbonyl (C=O) groups excluding carboxylic acids is 2. The first-order valence-electron chi connectivity index (χ1n) is 4.18. The smallest absolute Gasteiger partial charge is 0.359 e. The summed E-state index contributed by atoms with van der Waals surface area (Å²) in [5.74, 6) is -1.93. The number of amides is 2. The summed E-state index contributed by atoms with van der Waals surface area (Å²) in [6.07, 6.45) is -0.193. The van der Waals surface area contributed by atoms with Gasteiger partial charge in [0.2, 0.25) is 0 Å². The van der Waals surface area contributed by atoms with E-state index in [2.05, 4.69) is 10.6 Å². The topological polar surface area (TPSA) is 119 Å². The van der Waals surface area contributed by atoms with Gasteiger partial charge in [-0.25, -0.2) is 9.59 Å². The third kappa shape index (κ3) is 5.86. The molecule has 0 aliphatic heterocycles. The van der Waals surface area contributed by atoms with E-state index in [1.54, 1.807) is 5.48 Å². The number of urea groups is 1. The van der Waals surface area contributed by atoms with Gasteiger partial charge in [0, 0.05) is 5.03 Å². The number of hydrogen-bond acceptors (Lipinski definition) is 4. The highest BCUT2D eigenvalue weighted by Gasteiger charge is 2.12. The van der Waals surface area contributed by atoms with Gasteiger partial charge in [-0.15, -0.1) is 0 Å². The Bertz CT molecular complexity index is 339. The van der Waals surface area contributed by atoms with Crippen LogP contribution < -0.4 is 11.2 Å². The first-order valence-corrected chi connectivity index (χ1v) is 4.56. The van der Waals surface area contributed by atoms with Gasteiger partial charge < -0.3 is 15.7 Å². The van der Waals surface area contributed by atoms with E-state index >= 15 is 0 Å². The molecular formula is C8H11ClN2O5. The van der Waals surface area contributed by atoms with E-state index in [0.29, 0.717) is 0 Å². The second-order valence-electron chi connectivity index (χ2n) is 2.78. The second-order valence-corrected chi connectivity index (χ2v) is 3.24. The monoisotopic (exact) mass is 250 g/mol. The number of rotatable bonds is 4. The number of carboxylic acid groups (broad SMARTS) is 1. The van der Waals surface area contributed by atoms with Crippen molar-refractivity contribution in [1.82, 2.24) is 5.48 Å². The number of halogens is 1. The van der Waals surface area contributed by atoms with Crippen LogP contribution in [0.15, 0.2) is 10.6 Å². The number of hydroxylamine groups is 1. The maximum atomic E-state index is 11.2. The number of carbonyl (C=O) groups is 3. The molecule has 0 aromatic carbocycles. The van der Waals surface area contributed by atoms with E-state index in [4.69, 9.17) is 16.7 Å². The lowest BCUT2D eigenvalue weighted by Crippen LogP contribution is -2.32. The normalized spacial score (nSPS) is 11.4. The average Bonchev–Trinajstić information content (AvgIpc) is 2.21. The Morgan fingerprint density at radius 1 is 1.38 bits per heavy atom. The number of primary amides is 1. The Kier molecular flexibility index (Phi) is 5.94. The van der Waals surface area contributed by atoms with Crippen LogP contribution in [0.5, 0.6) is 0 Å². The molecule has 0 fully saturated rings. The van der Waals surface area contributed by atoms with Crippen molar-refractivity contribution in [1.29, 1.82) is 0 Å². The summed E-state index contributed by atoms with van der Waals surface area (Å²) in [7, 11) is 0. The van der Waals surface area contributed by atoms with Gasteiger partial charge in [0.05, 0.1) is 12.0 Å².